The average molecular weight is 684 g/mol. The number of hydrogen-bond donors (Lipinski definition) is 2. The minimum atomic E-state index is -3.02. The third kappa shape index (κ3) is 5.66. The SMILES string of the molecule is COc1ccc2c(c1)[C@]1(O[C@@H](CC(=O)N3Cc4ccccc4C[C@H]3CO)[C@H]([Si](C)(C)O)[C@H]1C)C(=O)N2Cc1ccc(N2CCCC2=O)cc1. The van der Waals surface area contributed by atoms with Gasteiger partial charge in [-0.05, 0) is 73.0 Å². The molecule has 3 aromatic rings. The van der Waals surface area contributed by atoms with E-state index in [0.717, 1.165) is 28.8 Å². The first kappa shape index (κ1) is 33.5. The average Bonchev–Trinajstić information content (AvgIpc) is 3.72. The van der Waals surface area contributed by atoms with Crippen LogP contribution < -0.4 is 14.5 Å². The normalized spacial score (nSPS) is 26.4. The van der Waals surface area contributed by atoms with Crippen molar-refractivity contribution in [1.29, 1.82) is 0 Å². The third-order valence-corrected chi connectivity index (χ3v) is 13.6. The van der Waals surface area contributed by atoms with Crippen molar-refractivity contribution >= 4 is 37.4 Å². The predicted octanol–water partition coefficient (Wildman–Crippen LogP) is 4.50. The molecule has 4 aliphatic heterocycles. The first-order valence-corrected chi connectivity index (χ1v) is 20.3. The van der Waals surface area contributed by atoms with Crippen LogP contribution in [0.2, 0.25) is 18.6 Å². The van der Waals surface area contributed by atoms with Crippen LogP contribution in [0.1, 0.15) is 48.4 Å². The number of benzene rings is 3. The van der Waals surface area contributed by atoms with Crippen molar-refractivity contribution in [1.82, 2.24) is 4.90 Å². The second-order valence-corrected chi connectivity index (χ2v) is 18.5. The molecule has 0 aromatic heterocycles. The third-order valence-electron chi connectivity index (χ3n) is 11.1. The molecule has 7 rings (SSSR count). The Morgan fingerprint density at radius 3 is 2.45 bits per heavy atom. The number of carbonyl (C=O) groups is 3. The standard InChI is InChI=1S/C38H45N3O7Si/c1-24-36(49(3,4)46)33(20-35(44)40-22-27-9-6-5-8-26(27)18-29(40)23-42)48-38(24)31-19-30(47-2)15-16-32(31)41(37(38)45)21-25-11-13-28(14-12-25)39-17-7-10-34(39)43/h5-6,8-9,11-16,19,24,29,33,36,42,46H,7,10,17-18,20-23H2,1-4H3/t24-,29+,33+,36-,38+/m1/s1. The van der Waals surface area contributed by atoms with E-state index < -0.39 is 31.5 Å². The summed E-state index contributed by atoms with van der Waals surface area (Å²) in [6, 6.07) is 20.9. The molecule has 11 heteroatoms. The molecule has 3 aromatic carbocycles. The summed E-state index contributed by atoms with van der Waals surface area (Å²) in [7, 11) is -1.44. The van der Waals surface area contributed by atoms with Gasteiger partial charge in [-0.1, -0.05) is 43.3 Å². The Morgan fingerprint density at radius 2 is 1.80 bits per heavy atom. The van der Waals surface area contributed by atoms with Gasteiger partial charge in [0.15, 0.2) is 13.9 Å². The fraction of sp³-hybridized carbons (Fsp3) is 0.447. The van der Waals surface area contributed by atoms with Crippen molar-refractivity contribution < 1.29 is 33.8 Å². The van der Waals surface area contributed by atoms with Gasteiger partial charge in [0.25, 0.3) is 5.91 Å². The maximum absolute atomic E-state index is 14.9. The molecule has 5 atom stereocenters. The van der Waals surface area contributed by atoms with Crippen molar-refractivity contribution in [3.05, 3.63) is 89.0 Å². The van der Waals surface area contributed by atoms with Crippen LogP contribution in [0.3, 0.4) is 0 Å². The van der Waals surface area contributed by atoms with E-state index in [1.165, 1.54) is 0 Å². The van der Waals surface area contributed by atoms with Gasteiger partial charge in [-0.25, -0.2) is 0 Å². The minimum absolute atomic E-state index is 0.0182. The Kier molecular flexibility index (Phi) is 8.67. The number of fused-ring (bicyclic) bond motifs is 3. The zero-order valence-corrected chi connectivity index (χ0v) is 29.6. The number of carbonyl (C=O) groups excluding carboxylic acids is 3. The zero-order chi connectivity index (χ0) is 34.7. The first-order valence-electron chi connectivity index (χ1n) is 17.2. The highest BCUT2D eigenvalue weighted by Crippen LogP contribution is 2.60. The molecule has 0 radical (unpaired) electrons. The molecule has 0 saturated carbocycles. The summed E-state index contributed by atoms with van der Waals surface area (Å²) in [5.41, 5.74) is 3.43. The highest BCUT2D eigenvalue weighted by Gasteiger charge is 2.66. The molecule has 0 aliphatic carbocycles. The number of amides is 3. The lowest BCUT2D eigenvalue weighted by atomic mass is 9.82. The monoisotopic (exact) mass is 683 g/mol. The summed E-state index contributed by atoms with van der Waals surface area (Å²) in [6.07, 6.45) is 1.23. The molecule has 258 valence electrons. The molecule has 1 spiro atoms. The van der Waals surface area contributed by atoms with Crippen LogP contribution in [0, 0.1) is 5.92 Å². The lowest BCUT2D eigenvalue weighted by Crippen LogP contribution is -2.48. The topological polar surface area (TPSA) is 120 Å². The number of anilines is 2. The number of hydrogen-bond acceptors (Lipinski definition) is 7. The van der Waals surface area contributed by atoms with Crippen LogP contribution >= 0.6 is 0 Å². The van der Waals surface area contributed by atoms with E-state index in [-0.39, 0.29) is 43.3 Å². The lowest BCUT2D eigenvalue weighted by molar-refractivity contribution is -0.151. The Morgan fingerprint density at radius 1 is 1.06 bits per heavy atom. The van der Waals surface area contributed by atoms with E-state index in [9.17, 15) is 24.3 Å². The Bertz CT molecular complexity index is 1780. The van der Waals surface area contributed by atoms with E-state index in [1.54, 1.807) is 21.8 Å². The number of aliphatic hydroxyl groups is 1. The van der Waals surface area contributed by atoms with Gasteiger partial charge in [0, 0.05) is 42.2 Å². The fourth-order valence-corrected chi connectivity index (χ4v) is 11.3. The molecule has 2 fully saturated rings. The van der Waals surface area contributed by atoms with E-state index in [2.05, 4.69) is 0 Å². The molecule has 49 heavy (non-hydrogen) atoms. The predicted molar refractivity (Wildman–Crippen MR) is 188 cm³/mol. The van der Waals surface area contributed by atoms with Gasteiger partial charge in [0.05, 0.1) is 44.5 Å². The van der Waals surface area contributed by atoms with Gasteiger partial charge in [-0.15, -0.1) is 0 Å². The fourth-order valence-electron chi connectivity index (χ4n) is 8.76. The minimum Gasteiger partial charge on any atom is -0.497 e. The molecule has 4 aliphatic rings. The van der Waals surface area contributed by atoms with Gasteiger partial charge in [-0.2, -0.15) is 0 Å². The van der Waals surface area contributed by atoms with Crippen molar-refractivity contribution in [2.24, 2.45) is 5.92 Å². The van der Waals surface area contributed by atoms with Crippen LogP contribution in [-0.2, 0) is 44.2 Å². The van der Waals surface area contributed by atoms with Crippen LogP contribution in [0.15, 0.2) is 66.7 Å². The molecule has 4 heterocycles. The summed E-state index contributed by atoms with van der Waals surface area (Å²) in [5, 5.41) is 10.3. The Hall–Kier alpha value is -4.03. The molecule has 2 saturated heterocycles. The summed E-state index contributed by atoms with van der Waals surface area (Å²) in [5.74, 6) is -0.150. The van der Waals surface area contributed by atoms with Gasteiger partial charge < -0.3 is 34.1 Å². The lowest BCUT2D eigenvalue weighted by Gasteiger charge is -2.37. The molecule has 0 unspecified atom stereocenters. The Balaban J connectivity index is 1.21. The van der Waals surface area contributed by atoms with Gasteiger partial charge in [0.1, 0.15) is 5.75 Å². The van der Waals surface area contributed by atoms with E-state index in [0.29, 0.717) is 42.9 Å². The molecule has 3 amide bonds. The Labute approximate surface area is 288 Å². The highest BCUT2D eigenvalue weighted by atomic mass is 28.4. The van der Waals surface area contributed by atoms with Crippen molar-refractivity contribution in [3.63, 3.8) is 0 Å². The van der Waals surface area contributed by atoms with Crippen LogP contribution in [0.4, 0.5) is 11.4 Å². The highest BCUT2D eigenvalue weighted by molar-refractivity contribution is 6.71. The second-order valence-electron chi connectivity index (χ2n) is 14.5. The van der Waals surface area contributed by atoms with E-state index in [4.69, 9.17) is 9.47 Å². The molecule has 2 N–H and O–H groups in total. The van der Waals surface area contributed by atoms with Crippen LogP contribution in [0.25, 0.3) is 0 Å². The van der Waals surface area contributed by atoms with Gasteiger partial charge >= 0.3 is 0 Å². The van der Waals surface area contributed by atoms with Gasteiger partial charge in [-0.3, -0.25) is 14.4 Å². The summed E-state index contributed by atoms with van der Waals surface area (Å²) < 4.78 is 12.6. The largest absolute Gasteiger partial charge is 0.497 e. The smallest absolute Gasteiger partial charge is 0.264 e. The summed E-state index contributed by atoms with van der Waals surface area (Å²) in [6.45, 7) is 6.86. The number of ether oxygens (including phenoxy) is 2. The molecule has 10 nitrogen and oxygen atoms in total. The van der Waals surface area contributed by atoms with Crippen LogP contribution in [0.5, 0.6) is 5.75 Å². The number of rotatable bonds is 8. The first-order chi connectivity index (χ1) is 23.5. The second kappa shape index (κ2) is 12.7. The van der Waals surface area contributed by atoms with E-state index >= 15 is 0 Å². The quantitative estimate of drug-likeness (QED) is 0.336. The number of methoxy groups -OCH3 is 1. The molecule has 0 bridgehead atoms. The number of nitrogens with zero attached hydrogens (tertiary/aromatic N) is 3. The zero-order valence-electron chi connectivity index (χ0n) is 28.6. The van der Waals surface area contributed by atoms with Gasteiger partial charge in [0.2, 0.25) is 11.8 Å². The number of aliphatic hydroxyl groups excluding tert-OH is 1. The summed E-state index contributed by atoms with van der Waals surface area (Å²) >= 11 is 0. The maximum Gasteiger partial charge on any atom is 0.264 e. The molecular weight excluding hydrogens is 639 g/mol. The maximum atomic E-state index is 14.9. The van der Waals surface area contributed by atoms with Crippen LogP contribution in [-0.4, -0.2) is 73.2 Å². The van der Waals surface area contributed by atoms with E-state index in [1.807, 2.05) is 86.7 Å². The van der Waals surface area contributed by atoms with Crippen molar-refractivity contribution in [3.8, 4) is 5.75 Å². The molecular formula is C38H45N3O7Si. The van der Waals surface area contributed by atoms with Crippen molar-refractivity contribution in [2.75, 3.05) is 30.1 Å². The summed E-state index contributed by atoms with van der Waals surface area (Å²) in [4.78, 5) is 58.3. The van der Waals surface area contributed by atoms with Crippen molar-refractivity contribution in [2.45, 2.75) is 82.1 Å².